The molecule has 1 aliphatic heterocycles. The van der Waals surface area contributed by atoms with Gasteiger partial charge in [0.25, 0.3) is 0 Å². The second-order valence-corrected chi connectivity index (χ2v) is 10.9. The molecule has 9 atom stereocenters. The molecule has 4 saturated carbocycles. The molecular formula is C24H33NO2. The second kappa shape index (κ2) is 5.27. The van der Waals surface area contributed by atoms with E-state index in [0.29, 0.717) is 12.3 Å². The molecule has 3 nitrogen and oxygen atoms in total. The topological polar surface area (TPSA) is 50.2 Å². The summed E-state index contributed by atoms with van der Waals surface area (Å²) in [6.45, 7) is 4.89. The largest absolute Gasteiger partial charge is 0.458 e. The Balaban J connectivity index is 1.41. The highest BCUT2D eigenvalue weighted by Gasteiger charge is 2.79. The molecule has 0 aromatic heterocycles. The number of fused-ring (bicyclic) bond motifs is 9. The zero-order chi connectivity index (χ0) is 18.6. The van der Waals surface area contributed by atoms with Crippen molar-refractivity contribution in [3.05, 3.63) is 11.6 Å². The van der Waals surface area contributed by atoms with E-state index in [4.69, 9.17) is 10.1 Å². The van der Waals surface area contributed by atoms with E-state index in [1.807, 2.05) is 0 Å². The van der Waals surface area contributed by atoms with Crippen molar-refractivity contribution in [2.24, 2.45) is 46.8 Å². The highest BCUT2D eigenvalue weighted by molar-refractivity contribution is 5.93. The first-order valence-electron chi connectivity index (χ1n) is 11.5. The number of hydrogen-bond acceptors (Lipinski definition) is 3. The van der Waals surface area contributed by atoms with E-state index in [1.165, 1.54) is 38.5 Å². The Hall–Kier alpha value is -1.12. The highest BCUT2D eigenvalue weighted by Crippen LogP contribution is 2.79. The summed E-state index contributed by atoms with van der Waals surface area (Å²) in [6.07, 6.45) is 12.4. The number of carbonyl (C=O) groups excluding carboxylic acids is 1. The maximum atomic E-state index is 12.2. The Labute approximate surface area is 162 Å². The van der Waals surface area contributed by atoms with E-state index in [2.05, 4.69) is 19.9 Å². The molecule has 0 aromatic carbocycles. The predicted octanol–water partition coefficient (Wildman–Crippen LogP) is 5.15. The third kappa shape index (κ3) is 1.94. The lowest BCUT2D eigenvalue weighted by Crippen LogP contribution is -2.56. The average Bonchev–Trinajstić information content (AvgIpc) is 3.29. The van der Waals surface area contributed by atoms with Crippen LogP contribution >= 0.6 is 0 Å². The number of hydrogen-bond donors (Lipinski definition) is 1. The van der Waals surface area contributed by atoms with E-state index in [9.17, 15) is 4.79 Å². The van der Waals surface area contributed by atoms with E-state index < -0.39 is 0 Å². The van der Waals surface area contributed by atoms with Gasteiger partial charge in [0.15, 0.2) is 0 Å². The number of allylic oxidation sites excluding steroid dienone is 2. The molecule has 146 valence electrons. The van der Waals surface area contributed by atoms with Crippen molar-refractivity contribution in [3.63, 3.8) is 0 Å². The molecule has 3 heteroatoms. The van der Waals surface area contributed by atoms with Gasteiger partial charge in [-0.1, -0.05) is 25.8 Å². The second-order valence-electron chi connectivity index (χ2n) is 10.9. The third-order valence-corrected chi connectivity index (χ3v) is 10.1. The lowest BCUT2D eigenvalue weighted by atomic mass is 9.46. The summed E-state index contributed by atoms with van der Waals surface area (Å²) in [5.41, 5.74) is 2.56. The molecule has 6 unspecified atom stereocenters. The van der Waals surface area contributed by atoms with Crippen LogP contribution in [-0.4, -0.2) is 17.3 Å². The average molecular weight is 368 g/mol. The van der Waals surface area contributed by atoms with E-state index in [-0.39, 0.29) is 17.0 Å². The van der Waals surface area contributed by atoms with Crippen molar-refractivity contribution in [1.29, 1.82) is 5.41 Å². The fraction of sp³-hybridized carbons (Fsp3) is 0.833. The van der Waals surface area contributed by atoms with Gasteiger partial charge in [-0.25, -0.2) is 0 Å². The van der Waals surface area contributed by atoms with E-state index >= 15 is 0 Å². The molecule has 1 spiro atoms. The Morgan fingerprint density at radius 2 is 2.07 bits per heavy atom. The Morgan fingerprint density at radius 3 is 2.81 bits per heavy atom. The maximum absolute atomic E-state index is 12.2. The smallest absolute Gasteiger partial charge is 0.306 e. The first-order valence-corrected chi connectivity index (χ1v) is 11.5. The standard InChI is InChI=1S/C24H33NO2/c1-3-13-10-14-11-15(25)4-5-16(14)17-6-8-23(2)22(21(13)17)18-12-19(18)24(23)9-7-20(26)27-24/h11,13,16-19,21-22,25H,3-10,12H2,1-2H3/t13?,16-,17?,18?,19?,21?,22?,23-,24-/m0/s1. The zero-order valence-corrected chi connectivity index (χ0v) is 16.8. The first-order chi connectivity index (χ1) is 13.0. The lowest BCUT2D eigenvalue weighted by Gasteiger charge is -2.59. The van der Waals surface area contributed by atoms with Crippen LogP contribution in [-0.2, 0) is 9.53 Å². The monoisotopic (exact) mass is 367 g/mol. The molecule has 6 rings (SSSR count). The van der Waals surface area contributed by atoms with Crippen LogP contribution in [0.25, 0.3) is 0 Å². The number of rotatable bonds is 1. The van der Waals surface area contributed by atoms with Crippen LogP contribution in [0.5, 0.6) is 0 Å². The summed E-state index contributed by atoms with van der Waals surface area (Å²) in [7, 11) is 0. The fourth-order valence-corrected chi connectivity index (χ4v) is 9.16. The molecule has 5 fully saturated rings. The van der Waals surface area contributed by atoms with Crippen LogP contribution in [0.2, 0.25) is 0 Å². The van der Waals surface area contributed by atoms with Gasteiger partial charge in [0.2, 0.25) is 0 Å². The summed E-state index contributed by atoms with van der Waals surface area (Å²) in [4.78, 5) is 12.2. The molecule has 0 aromatic rings. The molecule has 27 heavy (non-hydrogen) atoms. The molecule has 1 saturated heterocycles. The van der Waals surface area contributed by atoms with Crippen molar-refractivity contribution < 1.29 is 9.53 Å². The van der Waals surface area contributed by atoms with Crippen LogP contribution in [0.1, 0.15) is 71.6 Å². The van der Waals surface area contributed by atoms with Crippen molar-refractivity contribution >= 4 is 11.7 Å². The molecule has 0 bridgehead atoms. The van der Waals surface area contributed by atoms with Gasteiger partial charge in [0, 0.05) is 23.5 Å². The van der Waals surface area contributed by atoms with Crippen molar-refractivity contribution in [2.45, 2.75) is 77.2 Å². The number of nitrogens with one attached hydrogen (secondary N) is 1. The number of ether oxygens (including phenoxy) is 1. The SMILES string of the molecule is CCC1CC2=CC(=N)CC[C@@H]2C2CC[C@@]3(C)C(C4CC4[C@@]34CCC(=O)O4)C12. The highest BCUT2D eigenvalue weighted by atomic mass is 16.6. The zero-order valence-electron chi connectivity index (χ0n) is 16.8. The molecule has 1 N–H and O–H groups in total. The normalized spacial score (nSPS) is 55.3. The molecule has 0 amide bonds. The summed E-state index contributed by atoms with van der Waals surface area (Å²) >= 11 is 0. The Morgan fingerprint density at radius 1 is 1.22 bits per heavy atom. The van der Waals surface area contributed by atoms with Gasteiger partial charge < -0.3 is 10.1 Å². The minimum absolute atomic E-state index is 0.0661. The predicted molar refractivity (Wildman–Crippen MR) is 104 cm³/mol. The fourth-order valence-electron chi connectivity index (χ4n) is 9.16. The third-order valence-electron chi connectivity index (χ3n) is 10.1. The van der Waals surface area contributed by atoms with Gasteiger partial charge in [0.05, 0.1) is 0 Å². The quantitative estimate of drug-likeness (QED) is 0.652. The lowest BCUT2D eigenvalue weighted by molar-refractivity contribution is -0.177. The van der Waals surface area contributed by atoms with Crippen molar-refractivity contribution in [2.75, 3.05) is 0 Å². The van der Waals surface area contributed by atoms with Crippen LogP contribution in [0, 0.1) is 52.2 Å². The van der Waals surface area contributed by atoms with Gasteiger partial charge in [-0.2, -0.15) is 0 Å². The van der Waals surface area contributed by atoms with Gasteiger partial charge in [0.1, 0.15) is 5.60 Å². The van der Waals surface area contributed by atoms with Crippen LogP contribution in [0.4, 0.5) is 0 Å². The van der Waals surface area contributed by atoms with Crippen LogP contribution in [0.3, 0.4) is 0 Å². The number of carbonyl (C=O) groups is 1. The van der Waals surface area contributed by atoms with Gasteiger partial charge in [-0.15, -0.1) is 0 Å². The van der Waals surface area contributed by atoms with Gasteiger partial charge >= 0.3 is 5.97 Å². The minimum Gasteiger partial charge on any atom is -0.458 e. The van der Waals surface area contributed by atoms with Gasteiger partial charge in [-0.3, -0.25) is 4.79 Å². The van der Waals surface area contributed by atoms with Crippen molar-refractivity contribution in [1.82, 2.24) is 0 Å². The summed E-state index contributed by atoms with van der Waals surface area (Å²) in [6, 6.07) is 0. The molecule has 6 aliphatic rings. The van der Waals surface area contributed by atoms with E-state index in [0.717, 1.165) is 54.1 Å². The minimum atomic E-state index is -0.118. The molecular weight excluding hydrogens is 334 g/mol. The summed E-state index contributed by atoms with van der Waals surface area (Å²) in [5.74, 6) is 5.43. The summed E-state index contributed by atoms with van der Waals surface area (Å²) < 4.78 is 6.23. The maximum Gasteiger partial charge on any atom is 0.306 e. The molecule has 5 aliphatic carbocycles. The Bertz CT molecular complexity index is 755. The van der Waals surface area contributed by atoms with Gasteiger partial charge in [-0.05, 0) is 86.5 Å². The van der Waals surface area contributed by atoms with Crippen LogP contribution in [0.15, 0.2) is 11.6 Å². The van der Waals surface area contributed by atoms with Crippen LogP contribution < -0.4 is 0 Å². The number of esters is 1. The summed E-state index contributed by atoms with van der Waals surface area (Å²) in [5, 5.41) is 8.16. The van der Waals surface area contributed by atoms with E-state index in [1.54, 1.807) is 5.57 Å². The molecule has 1 heterocycles. The Kier molecular flexibility index (Phi) is 3.28. The first kappa shape index (κ1) is 16.8. The van der Waals surface area contributed by atoms with Crippen molar-refractivity contribution in [3.8, 4) is 0 Å². The molecule has 0 radical (unpaired) electrons.